The Morgan fingerprint density at radius 3 is 1.14 bits per heavy atom. The third-order valence-electron chi connectivity index (χ3n) is 17.3. The predicted octanol–water partition coefficient (Wildman–Crippen LogP) is 10.4. The van der Waals surface area contributed by atoms with Crippen LogP contribution in [0.25, 0.3) is 0 Å². The normalized spacial score (nSPS) is 27.9. The van der Waals surface area contributed by atoms with Crippen LogP contribution in [0.15, 0.2) is 122 Å². The number of hydrogen-bond donors (Lipinski definition) is 12. The summed E-state index contributed by atoms with van der Waals surface area (Å²) in [4.78, 5) is 13.4. The van der Waals surface area contributed by atoms with Gasteiger partial charge in [-0.3, -0.25) is 4.79 Å². The lowest BCUT2D eigenvalue weighted by atomic mass is 9.96. The molecule has 0 aliphatic carbocycles. The molecule has 3 saturated heterocycles. The van der Waals surface area contributed by atoms with E-state index in [1.807, 2.05) is 6.08 Å². The molecule has 0 bridgehead atoms. The first-order chi connectivity index (χ1) is 46.3. The summed E-state index contributed by atoms with van der Waals surface area (Å²) in [6.07, 6.45) is 50.8. The van der Waals surface area contributed by atoms with Gasteiger partial charge in [-0.1, -0.05) is 245 Å². The van der Waals surface area contributed by atoms with E-state index in [0.717, 1.165) is 116 Å². The molecule has 3 rings (SSSR count). The Bertz CT molecular complexity index is 2190. The summed E-state index contributed by atoms with van der Waals surface area (Å²) in [5.74, 6) is -0.284. The van der Waals surface area contributed by atoms with E-state index in [1.54, 1.807) is 6.08 Å². The van der Waals surface area contributed by atoms with Crippen molar-refractivity contribution in [2.24, 2.45) is 0 Å². The fourth-order valence-corrected chi connectivity index (χ4v) is 11.4. The minimum atomic E-state index is -1.98. The molecule has 0 aromatic carbocycles. The average molecular weight is 1340 g/mol. The van der Waals surface area contributed by atoms with E-state index in [0.29, 0.717) is 6.42 Å². The number of hydrogen-bond acceptors (Lipinski definition) is 18. The van der Waals surface area contributed by atoms with Crippen LogP contribution < -0.4 is 5.32 Å². The molecule has 19 nitrogen and oxygen atoms in total. The van der Waals surface area contributed by atoms with Crippen molar-refractivity contribution in [2.45, 2.75) is 324 Å². The van der Waals surface area contributed by atoms with Crippen LogP contribution in [-0.2, 0) is 33.2 Å². The minimum Gasteiger partial charge on any atom is -0.394 e. The van der Waals surface area contributed by atoms with Crippen LogP contribution in [-0.4, -0.2) is 193 Å². The van der Waals surface area contributed by atoms with Gasteiger partial charge in [-0.05, 0) is 89.9 Å². The number of unbranched alkanes of at least 4 members (excludes halogenated alkanes) is 20. The Hall–Kier alpha value is -3.81. The van der Waals surface area contributed by atoms with Crippen molar-refractivity contribution in [3.8, 4) is 0 Å². The molecule has 0 radical (unpaired) electrons. The van der Waals surface area contributed by atoms with Gasteiger partial charge in [-0.15, -0.1) is 0 Å². The van der Waals surface area contributed by atoms with Crippen LogP contribution in [0.4, 0.5) is 0 Å². The third kappa shape index (κ3) is 37.3. The monoisotopic (exact) mass is 1340 g/mol. The Labute approximate surface area is 569 Å². The molecule has 17 atom stereocenters. The lowest BCUT2D eigenvalue weighted by Gasteiger charge is -2.48. The van der Waals surface area contributed by atoms with Gasteiger partial charge < -0.3 is 89.9 Å². The minimum absolute atomic E-state index is 0.235. The number of aliphatic hydroxyl groups excluding tert-OH is 11. The van der Waals surface area contributed by atoms with Crippen molar-refractivity contribution in [1.82, 2.24) is 5.32 Å². The van der Waals surface area contributed by atoms with E-state index in [2.05, 4.69) is 129 Å². The molecular weight excluding hydrogens is 1210 g/mol. The highest BCUT2D eigenvalue weighted by Crippen LogP contribution is 2.33. The molecule has 0 aromatic heterocycles. The molecule has 3 heterocycles. The van der Waals surface area contributed by atoms with E-state index in [4.69, 9.17) is 28.4 Å². The van der Waals surface area contributed by atoms with E-state index in [9.17, 15) is 61.0 Å². The zero-order chi connectivity index (χ0) is 68.9. The largest absolute Gasteiger partial charge is 0.394 e. The van der Waals surface area contributed by atoms with Gasteiger partial charge in [0, 0.05) is 6.42 Å². The molecule has 3 aliphatic heterocycles. The van der Waals surface area contributed by atoms with Gasteiger partial charge in [0.1, 0.15) is 73.2 Å². The quantitative estimate of drug-likeness (QED) is 0.0199. The zero-order valence-corrected chi connectivity index (χ0v) is 57.6. The van der Waals surface area contributed by atoms with E-state index < -0.39 is 124 Å². The van der Waals surface area contributed by atoms with Gasteiger partial charge in [0.2, 0.25) is 5.91 Å². The number of ether oxygens (including phenoxy) is 6. The molecule has 544 valence electrons. The maximum Gasteiger partial charge on any atom is 0.220 e. The van der Waals surface area contributed by atoms with E-state index >= 15 is 0 Å². The molecule has 1 amide bonds. The number of carbonyl (C=O) groups is 1. The maximum absolute atomic E-state index is 13.4. The number of rotatable bonds is 54. The van der Waals surface area contributed by atoms with Crippen molar-refractivity contribution in [3.63, 3.8) is 0 Å². The second-order valence-corrected chi connectivity index (χ2v) is 25.3. The van der Waals surface area contributed by atoms with Crippen molar-refractivity contribution in [2.75, 3.05) is 26.4 Å². The molecule has 12 N–H and O–H groups in total. The number of amides is 1. The fraction of sp³-hybridized carbons (Fsp3) is 0.724. The molecule has 0 aromatic rings. The second kappa shape index (κ2) is 56.0. The fourth-order valence-electron chi connectivity index (χ4n) is 11.4. The third-order valence-corrected chi connectivity index (χ3v) is 17.3. The molecule has 0 saturated carbocycles. The SMILES string of the molecule is CC/C=C\C/C=C\C/C=C\C/C=C\C/C=C\C/C=C\C/C=C\C/C=C\C/C=C\CCCCCCCCCCCCCCCC(=O)NC(COC1OC(CO)C(OC2OC(CO)C(OC3OC(CO)C(O)C(O)C3O)C(O)C2O)C(O)C1O)C(O)/C=C/CCCCCCCCC. The van der Waals surface area contributed by atoms with Crippen molar-refractivity contribution in [1.29, 1.82) is 0 Å². The first-order valence-electron chi connectivity index (χ1n) is 36.3. The average Bonchev–Trinajstić information content (AvgIpc) is 0.797. The van der Waals surface area contributed by atoms with Crippen molar-refractivity contribution >= 4 is 5.91 Å². The van der Waals surface area contributed by atoms with Gasteiger partial charge in [0.05, 0.1) is 38.6 Å². The van der Waals surface area contributed by atoms with Gasteiger partial charge in [0.25, 0.3) is 0 Å². The number of allylic oxidation sites excluding steroid dienone is 19. The lowest BCUT2D eigenvalue weighted by molar-refractivity contribution is -0.379. The molecular formula is C76H127NO18. The number of aliphatic hydroxyl groups is 11. The smallest absolute Gasteiger partial charge is 0.220 e. The summed E-state index contributed by atoms with van der Waals surface area (Å²) >= 11 is 0. The molecule has 95 heavy (non-hydrogen) atoms. The standard InChI is InChI=1S/C76H127NO18/c1-3-5-7-9-11-13-14-15-16-17-18-19-20-21-22-23-24-25-26-27-28-29-30-31-32-33-34-35-36-37-38-39-40-41-42-43-44-46-48-50-52-54-64(82)77-59(60(81)53-51-49-47-45-12-10-8-6-4-2)58-90-74-70(88)67(85)72(62(56-79)92-74)95-76-71(89)68(86)73(63(57-80)93-76)94-75-69(87)66(84)65(83)61(55-78)91-75/h5,7,11,13,15-16,18-19,21-22,24-25,27-28,30-31,33-34,51,53,59-63,65-76,78-81,83-89H,3-4,6,8-10,12,14,17,20,23,26,29,32,35-50,52,54-58H2,1-2H3,(H,77,82)/b7-5-,13-11-,16-15-,19-18-,22-21-,25-24-,28-27-,31-30-,34-33-,53-51+. The zero-order valence-electron chi connectivity index (χ0n) is 57.6. The summed E-state index contributed by atoms with van der Waals surface area (Å²) in [5, 5.41) is 120. The summed E-state index contributed by atoms with van der Waals surface area (Å²) in [6, 6.07) is -0.978. The Kier molecular flexibility index (Phi) is 50.3. The lowest BCUT2D eigenvalue weighted by Crippen LogP contribution is -2.66. The Morgan fingerprint density at radius 1 is 0.389 bits per heavy atom. The Balaban J connectivity index is 1.28. The maximum atomic E-state index is 13.4. The summed E-state index contributed by atoms with van der Waals surface area (Å²) in [6.45, 7) is 1.55. The molecule has 17 unspecified atom stereocenters. The van der Waals surface area contributed by atoms with Crippen LogP contribution in [0, 0.1) is 0 Å². The topological polar surface area (TPSA) is 307 Å². The summed E-state index contributed by atoms with van der Waals surface area (Å²) in [5.41, 5.74) is 0. The first-order valence-corrected chi connectivity index (χ1v) is 36.3. The van der Waals surface area contributed by atoms with Crippen LogP contribution in [0.3, 0.4) is 0 Å². The molecule has 0 spiro atoms. The van der Waals surface area contributed by atoms with Crippen molar-refractivity contribution in [3.05, 3.63) is 122 Å². The van der Waals surface area contributed by atoms with Gasteiger partial charge in [-0.2, -0.15) is 0 Å². The summed E-state index contributed by atoms with van der Waals surface area (Å²) in [7, 11) is 0. The van der Waals surface area contributed by atoms with E-state index in [-0.39, 0.29) is 18.9 Å². The van der Waals surface area contributed by atoms with Gasteiger partial charge >= 0.3 is 0 Å². The highest BCUT2D eigenvalue weighted by atomic mass is 16.8. The van der Waals surface area contributed by atoms with Crippen molar-refractivity contribution < 1.29 is 89.4 Å². The Morgan fingerprint density at radius 2 is 0.726 bits per heavy atom. The van der Waals surface area contributed by atoms with Gasteiger partial charge in [0.15, 0.2) is 18.9 Å². The first kappa shape index (κ1) is 85.4. The summed E-state index contributed by atoms with van der Waals surface area (Å²) < 4.78 is 34.2. The van der Waals surface area contributed by atoms with Crippen LogP contribution in [0.1, 0.15) is 219 Å². The predicted molar refractivity (Wildman–Crippen MR) is 373 cm³/mol. The van der Waals surface area contributed by atoms with Gasteiger partial charge in [-0.25, -0.2) is 0 Å². The highest BCUT2D eigenvalue weighted by molar-refractivity contribution is 5.76. The van der Waals surface area contributed by atoms with Crippen LogP contribution in [0.5, 0.6) is 0 Å². The molecule has 3 fully saturated rings. The molecule has 3 aliphatic rings. The highest BCUT2D eigenvalue weighted by Gasteiger charge is 2.53. The van der Waals surface area contributed by atoms with E-state index in [1.165, 1.54) is 77.0 Å². The number of carbonyl (C=O) groups excluding carboxylic acids is 1. The second-order valence-electron chi connectivity index (χ2n) is 25.3. The molecule has 19 heteroatoms. The van der Waals surface area contributed by atoms with Crippen LogP contribution in [0.2, 0.25) is 0 Å². The number of nitrogens with one attached hydrogen (secondary N) is 1. The van der Waals surface area contributed by atoms with Crippen LogP contribution >= 0.6 is 0 Å².